The Labute approximate surface area is 121 Å². The van der Waals surface area contributed by atoms with Gasteiger partial charge in [-0.1, -0.05) is 15.9 Å². The van der Waals surface area contributed by atoms with Crippen LogP contribution in [0.2, 0.25) is 0 Å². The SMILES string of the molecule is O=S(=O)(Nc1cccnn1)c1ccc(Br)cc1Br. The van der Waals surface area contributed by atoms with Gasteiger partial charge in [0, 0.05) is 15.1 Å². The van der Waals surface area contributed by atoms with E-state index in [2.05, 4.69) is 46.8 Å². The molecule has 0 aliphatic carbocycles. The van der Waals surface area contributed by atoms with Gasteiger partial charge in [0.2, 0.25) is 0 Å². The van der Waals surface area contributed by atoms with Crippen LogP contribution in [0.5, 0.6) is 0 Å². The van der Waals surface area contributed by atoms with E-state index >= 15 is 0 Å². The Morgan fingerprint density at radius 1 is 1.17 bits per heavy atom. The third kappa shape index (κ3) is 3.06. The molecular formula is C10H7Br2N3O2S. The van der Waals surface area contributed by atoms with Crippen LogP contribution in [0.15, 0.2) is 50.4 Å². The molecule has 0 atom stereocenters. The minimum atomic E-state index is -3.68. The number of benzene rings is 1. The van der Waals surface area contributed by atoms with E-state index in [1.165, 1.54) is 18.3 Å². The van der Waals surface area contributed by atoms with E-state index in [9.17, 15) is 8.42 Å². The first-order chi connectivity index (χ1) is 8.49. The van der Waals surface area contributed by atoms with E-state index in [0.29, 0.717) is 4.47 Å². The van der Waals surface area contributed by atoms with Crippen molar-refractivity contribution in [3.8, 4) is 0 Å². The summed E-state index contributed by atoms with van der Waals surface area (Å²) in [5.74, 6) is 0.173. The molecule has 2 aromatic rings. The molecule has 0 saturated carbocycles. The van der Waals surface area contributed by atoms with Crippen LogP contribution >= 0.6 is 31.9 Å². The van der Waals surface area contributed by atoms with Crippen molar-refractivity contribution in [2.75, 3.05) is 4.72 Å². The Morgan fingerprint density at radius 3 is 2.56 bits per heavy atom. The number of rotatable bonds is 3. The normalized spacial score (nSPS) is 11.2. The minimum absolute atomic E-state index is 0.136. The maximum absolute atomic E-state index is 12.1. The van der Waals surface area contributed by atoms with E-state index in [-0.39, 0.29) is 10.7 Å². The van der Waals surface area contributed by atoms with Gasteiger partial charge >= 0.3 is 0 Å². The summed E-state index contributed by atoms with van der Waals surface area (Å²) >= 11 is 6.47. The highest BCUT2D eigenvalue weighted by Crippen LogP contribution is 2.26. The molecule has 0 saturated heterocycles. The number of halogens is 2. The molecule has 0 amide bonds. The third-order valence-electron chi connectivity index (χ3n) is 1.99. The number of sulfonamides is 1. The van der Waals surface area contributed by atoms with Crippen LogP contribution < -0.4 is 4.72 Å². The van der Waals surface area contributed by atoms with Crippen LogP contribution in [0.3, 0.4) is 0 Å². The highest BCUT2D eigenvalue weighted by Gasteiger charge is 2.18. The van der Waals surface area contributed by atoms with Crippen molar-refractivity contribution in [2.45, 2.75) is 4.90 Å². The Kier molecular flexibility index (Phi) is 3.98. The van der Waals surface area contributed by atoms with Gasteiger partial charge in [-0.05, 0) is 46.3 Å². The number of nitrogens with zero attached hydrogens (tertiary/aromatic N) is 2. The second-order valence-corrected chi connectivity index (χ2v) is 6.71. The van der Waals surface area contributed by atoms with Gasteiger partial charge in [0.05, 0.1) is 0 Å². The van der Waals surface area contributed by atoms with Crippen LogP contribution in [-0.2, 0) is 10.0 Å². The van der Waals surface area contributed by atoms with E-state index in [4.69, 9.17) is 0 Å². The van der Waals surface area contributed by atoms with Gasteiger partial charge in [0.1, 0.15) is 4.90 Å². The Bertz CT molecular complexity index is 662. The first-order valence-corrected chi connectivity index (χ1v) is 7.81. The Balaban J connectivity index is 2.37. The molecule has 5 nitrogen and oxygen atoms in total. The fraction of sp³-hybridized carbons (Fsp3) is 0. The highest BCUT2D eigenvalue weighted by atomic mass is 79.9. The molecule has 0 radical (unpaired) electrons. The van der Waals surface area contributed by atoms with Crippen LogP contribution in [-0.4, -0.2) is 18.6 Å². The number of hydrogen-bond acceptors (Lipinski definition) is 4. The first-order valence-electron chi connectivity index (χ1n) is 4.74. The first kappa shape index (κ1) is 13.4. The second kappa shape index (κ2) is 5.33. The molecule has 1 aromatic heterocycles. The summed E-state index contributed by atoms with van der Waals surface area (Å²) in [6, 6.07) is 7.92. The lowest BCUT2D eigenvalue weighted by atomic mass is 10.4. The van der Waals surface area contributed by atoms with Crippen LogP contribution in [0.25, 0.3) is 0 Å². The molecule has 2 rings (SSSR count). The number of nitrogens with one attached hydrogen (secondary N) is 1. The maximum atomic E-state index is 12.1. The zero-order valence-corrected chi connectivity index (χ0v) is 12.8. The molecule has 0 bridgehead atoms. The van der Waals surface area contributed by atoms with Crippen molar-refractivity contribution in [3.63, 3.8) is 0 Å². The Hall–Kier alpha value is -0.990. The molecule has 1 N–H and O–H groups in total. The summed E-state index contributed by atoms with van der Waals surface area (Å²) in [6.07, 6.45) is 1.47. The average Bonchev–Trinajstić information content (AvgIpc) is 2.29. The molecule has 1 heterocycles. The van der Waals surface area contributed by atoms with E-state index in [1.807, 2.05) is 0 Å². The van der Waals surface area contributed by atoms with Crippen molar-refractivity contribution in [1.29, 1.82) is 0 Å². The smallest absolute Gasteiger partial charge is 0.262 e. The lowest BCUT2D eigenvalue weighted by molar-refractivity contribution is 0.600. The third-order valence-corrected chi connectivity index (χ3v) is 4.82. The van der Waals surface area contributed by atoms with Crippen molar-refractivity contribution >= 4 is 47.7 Å². The fourth-order valence-electron chi connectivity index (χ4n) is 1.24. The number of aromatic nitrogens is 2. The van der Waals surface area contributed by atoms with Crippen molar-refractivity contribution in [3.05, 3.63) is 45.5 Å². The van der Waals surface area contributed by atoms with Gasteiger partial charge in [-0.3, -0.25) is 4.72 Å². The van der Waals surface area contributed by atoms with E-state index < -0.39 is 10.0 Å². The fourth-order valence-corrected chi connectivity index (χ4v) is 3.99. The van der Waals surface area contributed by atoms with Gasteiger partial charge in [0.15, 0.2) is 5.82 Å². The standard InChI is InChI=1S/C10H7Br2N3O2S/c11-7-3-4-9(8(12)6-7)18(16,17)15-10-2-1-5-13-14-10/h1-6H,(H,14,15). The monoisotopic (exact) mass is 391 g/mol. The van der Waals surface area contributed by atoms with Crippen molar-refractivity contribution in [2.24, 2.45) is 0 Å². The molecule has 0 fully saturated rings. The molecule has 0 aliphatic rings. The molecule has 8 heteroatoms. The Morgan fingerprint density at radius 2 is 1.94 bits per heavy atom. The van der Waals surface area contributed by atoms with Gasteiger partial charge < -0.3 is 0 Å². The van der Waals surface area contributed by atoms with Gasteiger partial charge in [-0.25, -0.2) is 8.42 Å². The topological polar surface area (TPSA) is 72.0 Å². The highest BCUT2D eigenvalue weighted by molar-refractivity contribution is 9.11. The maximum Gasteiger partial charge on any atom is 0.264 e. The summed E-state index contributed by atoms with van der Waals surface area (Å²) < 4.78 is 27.8. The molecule has 1 aromatic carbocycles. The largest absolute Gasteiger partial charge is 0.264 e. The summed E-state index contributed by atoms with van der Waals surface area (Å²) in [6.45, 7) is 0. The van der Waals surface area contributed by atoms with Crippen molar-refractivity contribution < 1.29 is 8.42 Å². The lowest BCUT2D eigenvalue weighted by Crippen LogP contribution is -2.14. The van der Waals surface area contributed by atoms with Gasteiger partial charge in [0.25, 0.3) is 10.0 Å². The lowest BCUT2D eigenvalue weighted by Gasteiger charge is -2.08. The summed E-state index contributed by atoms with van der Waals surface area (Å²) in [5, 5.41) is 7.27. The molecule has 18 heavy (non-hydrogen) atoms. The second-order valence-electron chi connectivity index (χ2n) is 3.29. The minimum Gasteiger partial charge on any atom is -0.262 e. The quantitative estimate of drug-likeness (QED) is 0.871. The number of anilines is 1. The molecule has 94 valence electrons. The van der Waals surface area contributed by atoms with Crippen LogP contribution in [0.4, 0.5) is 5.82 Å². The predicted molar refractivity (Wildman–Crippen MR) is 74.7 cm³/mol. The molecular weight excluding hydrogens is 386 g/mol. The predicted octanol–water partition coefficient (Wildman–Crippen LogP) is 2.80. The van der Waals surface area contributed by atoms with Crippen LogP contribution in [0.1, 0.15) is 0 Å². The molecule has 0 aliphatic heterocycles. The molecule has 0 unspecified atom stereocenters. The number of hydrogen-bond donors (Lipinski definition) is 1. The summed E-state index contributed by atoms with van der Waals surface area (Å²) in [5.41, 5.74) is 0. The van der Waals surface area contributed by atoms with E-state index in [1.54, 1.807) is 18.2 Å². The summed E-state index contributed by atoms with van der Waals surface area (Å²) in [7, 11) is -3.68. The summed E-state index contributed by atoms with van der Waals surface area (Å²) in [4.78, 5) is 0.136. The zero-order chi connectivity index (χ0) is 13.2. The van der Waals surface area contributed by atoms with Gasteiger partial charge in [-0.15, -0.1) is 5.10 Å². The van der Waals surface area contributed by atoms with Crippen LogP contribution in [0, 0.1) is 0 Å². The van der Waals surface area contributed by atoms with E-state index in [0.717, 1.165) is 4.47 Å². The van der Waals surface area contributed by atoms with Gasteiger partial charge in [-0.2, -0.15) is 5.10 Å². The van der Waals surface area contributed by atoms with Crippen molar-refractivity contribution in [1.82, 2.24) is 10.2 Å². The average molecular weight is 393 g/mol. The molecule has 0 spiro atoms. The zero-order valence-electron chi connectivity index (χ0n) is 8.84.